The first-order valence-electron chi connectivity index (χ1n) is 22.2. The summed E-state index contributed by atoms with van der Waals surface area (Å²) < 4.78 is 11.8. The SMILES string of the molecule is CCOC(=O)c1c(-c2ccccc2)c2[nH]c1cc1nc(c(-c3ccc(C)cc3)c3[nH]c(cc4nc(c2-c2ccc(C)cc2)CC4(C)C)c(C(=O)OCC)c3-c2ccccc2)CC1(C)C. The van der Waals surface area contributed by atoms with E-state index in [2.05, 4.69) is 100 Å². The van der Waals surface area contributed by atoms with Crippen LogP contribution < -0.4 is 0 Å². The van der Waals surface area contributed by atoms with E-state index < -0.39 is 22.8 Å². The van der Waals surface area contributed by atoms with Gasteiger partial charge in [0.1, 0.15) is 0 Å². The van der Waals surface area contributed by atoms with Crippen molar-refractivity contribution in [1.29, 1.82) is 0 Å². The van der Waals surface area contributed by atoms with Crippen molar-refractivity contribution in [2.75, 3.05) is 13.2 Å². The van der Waals surface area contributed by atoms with E-state index >= 15 is 0 Å². The Morgan fingerprint density at radius 2 is 0.859 bits per heavy atom. The molecule has 0 amide bonds. The van der Waals surface area contributed by atoms with Crippen LogP contribution in [-0.4, -0.2) is 45.1 Å². The second kappa shape index (κ2) is 16.6. The third-order valence-corrected chi connectivity index (χ3v) is 12.6. The first-order valence-corrected chi connectivity index (χ1v) is 22.2. The molecule has 2 aliphatic heterocycles. The fraction of sp³-hybridized carbons (Fsp3) is 0.250. The molecule has 5 heterocycles. The Balaban J connectivity index is 1.58. The molecule has 0 aliphatic carbocycles. The Morgan fingerprint density at radius 1 is 0.516 bits per heavy atom. The fourth-order valence-electron chi connectivity index (χ4n) is 9.31. The normalized spacial score (nSPS) is 14.0. The van der Waals surface area contributed by atoms with Gasteiger partial charge in [-0.25, -0.2) is 9.59 Å². The molecular weight excluding hydrogens is 793 g/mol. The molecule has 0 unspecified atom stereocenters. The fourth-order valence-corrected chi connectivity index (χ4v) is 9.31. The number of esters is 2. The lowest BCUT2D eigenvalue weighted by atomic mass is 9.84. The summed E-state index contributed by atoms with van der Waals surface area (Å²) in [6.07, 6.45) is 1.16. The summed E-state index contributed by atoms with van der Waals surface area (Å²) in [4.78, 5) is 47.8. The Hall–Kier alpha value is -7.06. The average Bonchev–Trinajstić information content (AvgIpc) is 4.00. The van der Waals surface area contributed by atoms with Crippen LogP contribution in [0.1, 0.15) is 96.2 Å². The molecular formula is C56H54N4O4. The molecule has 0 atom stereocenters. The smallest absolute Gasteiger partial charge is 0.340 e. The minimum Gasteiger partial charge on any atom is -0.462 e. The molecule has 0 fully saturated rings. The highest BCUT2D eigenvalue weighted by Crippen LogP contribution is 2.46. The number of hydrogen-bond acceptors (Lipinski definition) is 6. The lowest BCUT2D eigenvalue weighted by Crippen LogP contribution is -2.15. The Kier molecular flexibility index (Phi) is 10.9. The molecule has 2 aliphatic rings. The molecule has 8 heteroatoms. The van der Waals surface area contributed by atoms with Gasteiger partial charge in [0.05, 0.1) is 57.8 Å². The van der Waals surface area contributed by atoms with Crippen molar-refractivity contribution in [3.05, 3.63) is 166 Å². The van der Waals surface area contributed by atoms with Crippen LogP contribution >= 0.6 is 0 Å². The molecule has 0 spiro atoms. The predicted molar refractivity (Wildman–Crippen MR) is 258 cm³/mol. The van der Waals surface area contributed by atoms with Gasteiger partial charge in [0, 0.05) is 57.3 Å². The molecule has 8 nitrogen and oxygen atoms in total. The van der Waals surface area contributed by atoms with E-state index in [1.54, 1.807) is 0 Å². The van der Waals surface area contributed by atoms with Crippen LogP contribution in [0, 0.1) is 13.8 Å². The summed E-state index contributed by atoms with van der Waals surface area (Å²) >= 11 is 0. The number of aromatic amines is 2. The number of carbonyl (C=O) groups excluding carboxylic acids is 2. The Bertz CT molecular complexity index is 2890. The molecule has 64 heavy (non-hydrogen) atoms. The van der Waals surface area contributed by atoms with Gasteiger partial charge in [-0.05, 0) is 62.1 Å². The Labute approximate surface area is 374 Å². The summed E-state index contributed by atoms with van der Waals surface area (Å²) in [5.74, 6) is -0.841. The number of hydrogen-bond donors (Lipinski definition) is 2. The molecule has 3 aromatic heterocycles. The van der Waals surface area contributed by atoms with Gasteiger partial charge in [-0.3, -0.25) is 9.97 Å². The van der Waals surface area contributed by atoms with Gasteiger partial charge in [0.25, 0.3) is 0 Å². The summed E-state index contributed by atoms with van der Waals surface area (Å²) in [6, 6.07) is 41.1. The number of benzene rings is 4. The van der Waals surface area contributed by atoms with Crippen molar-refractivity contribution >= 4 is 34.0 Å². The number of nitrogens with zero attached hydrogens (tertiary/aromatic N) is 2. The number of aromatic nitrogens is 4. The minimum atomic E-state index is -0.478. The maximum absolute atomic E-state index is 14.5. The molecule has 2 N–H and O–H groups in total. The second-order valence-corrected chi connectivity index (χ2v) is 18.3. The predicted octanol–water partition coefficient (Wildman–Crippen LogP) is 13.0. The molecule has 0 saturated heterocycles. The molecule has 4 aromatic carbocycles. The largest absolute Gasteiger partial charge is 0.462 e. The molecule has 322 valence electrons. The van der Waals surface area contributed by atoms with Gasteiger partial charge < -0.3 is 19.4 Å². The quantitative estimate of drug-likeness (QED) is 0.147. The highest BCUT2D eigenvalue weighted by Gasteiger charge is 2.36. The number of ether oxygens (including phenoxy) is 2. The van der Waals surface area contributed by atoms with Crippen LogP contribution in [0.5, 0.6) is 0 Å². The zero-order valence-corrected chi connectivity index (χ0v) is 37.9. The zero-order chi connectivity index (χ0) is 44.9. The monoisotopic (exact) mass is 846 g/mol. The van der Waals surface area contributed by atoms with Crippen molar-refractivity contribution in [1.82, 2.24) is 19.9 Å². The zero-order valence-electron chi connectivity index (χ0n) is 37.9. The van der Waals surface area contributed by atoms with Crippen molar-refractivity contribution in [2.45, 2.75) is 79.1 Å². The first-order chi connectivity index (χ1) is 30.8. The van der Waals surface area contributed by atoms with E-state index in [1.165, 1.54) is 0 Å². The van der Waals surface area contributed by atoms with E-state index in [0.29, 0.717) is 35.0 Å². The summed E-state index contributed by atoms with van der Waals surface area (Å²) in [6.45, 7) is 17.0. The first kappa shape index (κ1) is 42.3. The summed E-state index contributed by atoms with van der Waals surface area (Å²) in [5.41, 5.74) is 15.1. The molecule has 9 rings (SSSR count). The molecule has 8 bridgehead atoms. The van der Waals surface area contributed by atoms with Crippen LogP contribution in [0.15, 0.2) is 121 Å². The van der Waals surface area contributed by atoms with Crippen LogP contribution in [0.25, 0.3) is 66.6 Å². The number of H-pyrrole nitrogens is 2. The van der Waals surface area contributed by atoms with E-state index in [-0.39, 0.29) is 13.2 Å². The van der Waals surface area contributed by atoms with Crippen LogP contribution in [0.3, 0.4) is 0 Å². The van der Waals surface area contributed by atoms with Crippen LogP contribution in [0.2, 0.25) is 0 Å². The molecule has 0 radical (unpaired) electrons. The van der Waals surface area contributed by atoms with Crippen LogP contribution in [-0.2, 0) is 33.1 Å². The lowest BCUT2D eigenvalue weighted by molar-refractivity contribution is 0.0520. The van der Waals surface area contributed by atoms with Crippen molar-refractivity contribution in [3.63, 3.8) is 0 Å². The minimum absolute atomic E-state index is 0.214. The highest BCUT2D eigenvalue weighted by molar-refractivity contribution is 6.13. The third-order valence-electron chi connectivity index (χ3n) is 12.6. The van der Waals surface area contributed by atoms with E-state index in [4.69, 9.17) is 19.4 Å². The lowest BCUT2D eigenvalue weighted by Gasteiger charge is -2.17. The van der Waals surface area contributed by atoms with Gasteiger partial charge in [0.15, 0.2) is 0 Å². The van der Waals surface area contributed by atoms with E-state index in [0.717, 1.165) is 89.4 Å². The third kappa shape index (κ3) is 7.61. The van der Waals surface area contributed by atoms with Gasteiger partial charge in [0.2, 0.25) is 0 Å². The number of fused-ring (bicyclic) bond motifs is 8. The number of carbonyl (C=O) groups is 2. The van der Waals surface area contributed by atoms with Crippen molar-refractivity contribution in [3.8, 4) is 44.5 Å². The summed E-state index contributed by atoms with van der Waals surface area (Å²) in [5, 5.41) is 0. The maximum atomic E-state index is 14.5. The number of aryl methyl sites for hydroxylation is 2. The standard InChI is InChI=1S/C56H54N4O4/c1-9-63-53(61)49-39-29-43-55(5,6)32-42(57-43)46(38-27-23-34(4)24-28-38)52-48(36-19-15-12-16-20-36)50(54(62)64-10-2)40(60-52)30-44-56(7,8)31-41(58-44)45(37-25-21-33(3)22-26-37)51(59-39)47(49)35-17-13-11-14-18-35/h11-30,59-60H,9-10,31-32H2,1-8H3. The maximum Gasteiger partial charge on any atom is 0.340 e. The van der Waals surface area contributed by atoms with E-state index in [9.17, 15) is 9.59 Å². The number of rotatable bonds is 8. The van der Waals surface area contributed by atoms with Crippen molar-refractivity contribution < 1.29 is 19.1 Å². The van der Waals surface area contributed by atoms with Crippen LogP contribution in [0.4, 0.5) is 0 Å². The average molecular weight is 847 g/mol. The number of nitrogens with one attached hydrogen (secondary N) is 2. The van der Waals surface area contributed by atoms with Gasteiger partial charge >= 0.3 is 11.9 Å². The van der Waals surface area contributed by atoms with Gasteiger partial charge in [-0.1, -0.05) is 148 Å². The Morgan fingerprint density at radius 3 is 1.20 bits per heavy atom. The van der Waals surface area contributed by atoms with Crippen molar-refractivity contribution in [2.24, 2.45) is 0 Å². The molecule has 0 saturated carbocycles. The highest BCUT2D eigenvalue weighted by atomic mass is 16.5. The van der Waals surface area contributed by atoms with Gasteiger partial charge in [-0.2, -0.15) is 0 Å². The topological polar surface area (TPSA) is 110 Å². The van der Waals surface area contributed by atoms with E-state index in [1.807, 2.05) is 86.6 Å². The van der Waals surface area contributed by atoms with Gasteiger partial charge in [-0.15, -0.1) is 0 Å². The summed E-state index contributed by atoms with van der Waals surface area (Å²) in [7, 11) is 0. The second-order valence-electron chi connectivity index (χ2n) is 18.3. The molecule has 7 aromatic rings.